The van der Waals surface area contributed by atoms with Crippen molar-refractivity contribution in [2.75, 3.05) is 6.61 Å². The molecule has 28 heavy (non-hydrogen) atoms. The van der Waals surface area contributed by atoms with Gasteiger partial charge in [-0.2, -0.15) is 0 Å². The number of furan rings is 1. The molecule has 3 amide bonds. The summed E-state index contributed by atoms with van der Waals surface area (Å²) in [6.07, 6.45) is 1.48. The van der Waals surface area contributed by atoms with Gasteiger partial charge in [0.15, 0.2) is 6.61 Å². The lowest BCUT2D eigenvalue weighted by atomic mass is 10.1. The van der Waals surface area contributed by atoms with Gasteiger partial charge in [0.1, 0.15) is 5.58 Å². The molecule has 7 heteroatoms. The molecule has 0 spiro atoms. The molecule has 0 aliphatic rings. The van der Waals surface area contributed by atoms with Crippen LogP contribution >= 0.6 is 0 Å². The summed E-state index contributed by atoms with van der Waals surface area (Å²) in [7, 11) is 0. The van der Waals surface area contributed by atoms with E-state index in [2.05, 4.69) is 10.6 Å². The van der Waals surface area contributed by atoms with Crippen LogP contribution < -0.4 is 10.6 Å². The first-order valence-electron chi connectivity index (χ1n) is 8.75. The summed E-state index contributed by atoms with van der Waals surface area (Å²) < 4.78 is 10.4. The zero-order chi connectivity index (χ0) is 19.9. The molecule has 0 radical (unpaired) electrons. The zero-order valence-electron chi connectivity index (χ0n) is 15.4. The van der Waals surface area contributed by atoms with Crippen molar-refractivity contribution in [1.82, 2.24) is 10.6 Å². The minimum Gasteiger partial charge on any atom is -0.464 e. The first-order valence-corrected chi connectivity index (χ1v) is 8.75. The Labute approximate surface area is 161 Å². The molecule has 0 aliphatic carbocycles. The van der Waals surface area contributed by atoms with Crippen molar-refractivity contribution in [3.8, 4) is 0 Å². The van der Waals surface area contributed by atoms with Gasteiger partial charge >= 0.3 is 12.0 Å². The van der Waals surface area contributed by atoms with Crippen LogP contribution in [-0.4, -0.2) is 24.5 Å². The van der Waals surface area contributed by atoms with Gasteiger partial charge < -0.3 is 14.5 Å². The second kappa shape index (κ2) is 8.85. The van der Waals surface area contributed by atoms with Gasteiger partial charge in [0.25, 0.3) is 5.91 Å². The number of carbonyl (C=O) groups is 3. The van der Waals surface area contributed by atoms with E-state index in [1.165, 1.54) is 6.26 Å². The standard InChI is InChI=1S/C21H20N2O5/c1-14-7-8-17-16(12-27-18(17)9-14)10-20(25)28-13-19(24)23-21(26)22-11-15-5-3-2-4-6-15/h2-9,12H,10-11,13H2,1H3,(H2,22,23,24,26). The maximum absolute atomic E-state index is 12.0. The van der Waals surface area contributed by atoms with E-state index in [0.717, 1.165) is 16.5 Å². The number of nitrogens with one attached hydrogen (secondary N) is 2. The monoisotopic (exact) mass is 380 g/mol. The molecule has 1 heterocycles. The zero-order valence-corrected chi connectivity index (χ0v) is 15.4. The van der Waals surface area contributed by atoms with Crippen molar-refractivity contribution >= 4 is 28.9 Å². The lowest BCUT2D eigenvalue weighted by Crippen LogP contribution is -2.41. The average Bonchev–Trinajstić information content (AvgIpc) is 3.07. The average molecular weight is 380 g/mol. The van der Waals surface area contributed by atoms with Gasteiger partial charge in [-0.05, 0) is 24.1 Å². The number of ether oxygens (including phenoxy) is 1. The summed E-state index contributed by atoms with van der Waals surface area (Å²) in [5, 5.41) is 5.50. The molecule has 0 fully saturated rings. The summed E-state index contributed by atoms with van der Waals surface area (Å²) in [5.74, 6) is -1.28. The molecule has 3 aromatic rings. The normalized spacial score (nSPS) is 10.5. The van der Waals surface area contributed by atoms with Gasteiger partial charge in [0.05, 0.1) is 12.7 Å². The number of imide groups is 1. The van der Waals surface area contributed by atoms with Crippen molar-refractivity contribution < 1.29 is 23.5 Å². The molecule has 0 aliphatic heterocycles. The Morgan fingerprint density at radius 1 is 1.07 bits per heavy atom. The minimum atomic E-state index is -0.702. The van der Waals surface area contributed by atoms with Crippen molar-refractivity contribution in [2.45, 2.75) is 19.9 Å². The fourth-order valence-corrected chi connectivity index (χ4v) is 2.67. The number of urea groups is 1. The van der Waals surface area contributed by atoms with Gasteiger partial charge in [-0.1, -0.05) is 42.5 Å². The Bertz CT molecular complexity index is 994. The van der Waals surface area contributed by atoms with Crippen LogP contribution in [0, 0.1) is 6.92 Å². The van der Waals surface area contributed by atoms with Crippen LogP contribution in [0.25, 0.3) is 11.0 Å². The number of hydrogen-bond donors (Lipinski definition) is 2. The third-order valence-corrected chi connectivity index (χ3v) is 4.06. The summed E-state index contributed by atoms with van der Waals surface area (Å²) in [6.45, 7) is 1.70. The molecule has 2 aromatic carbocycles. The predicted molar refractivity (Wildman–Crippen MR) is 102 cm³/mol. The third kappa shape index (κ3) is 5.20. The SMILES string of the molecule is Cc1ccc2c(CC(=O)OCC(=O)NC(=O)NCc3ccccc3)coc2c1. The highest BCUT2D eigenvalue weighted by Crippen LogP contribution is 2.22. The highest BCUT2D eigenvalue weighted by molar-refractivity contribution is 5.95. The third-order valence-electron chi connectivity index (χ3n) is 4.06. The molecular formula is C21H20N2O5. The van der Waals surface area contributed by atoms with Crippen LogP contribution in [0.5, 0.6) is 0 Å². The minimum absolute atomic E-state index is 0.0243. The van der Waals surface area contributed by atoms with Crippen LogP contribution in [0.1, 0.15) is 16.7 Å². The lowest BCUT2D eigenvalue weighted by Gasteiger charge is -2.07. The van der Waals surface area contributed by atoms with Crippen LogP contribution in [0.3, 0.4) is 0 Å². The Kier molecular flexibility index (Phi) is 6.06. The van der Waals surface area contributed by atoms with E-state index in [4.69, 9.17) is 9.15 Å². The number of fused-ring (bicyclic) bond motifs is 1. The number of carbonyl (C=O) groups excluding carboxylic acids is 3. The maximum Gasteiger partial charge on any atom is 0.321 e. The summed E-state index contributed by atoms with van der Waals surface area (Å²) in [6, 6.07) is 14.3. The molecule has 2 N–H and O–H groups in total. The van der Waals surface area contributed by atoms with Crippen LogP contribution in [0.4, 0.5) is 4.79 Å². The van der Waals surface area contributed by atoms with E-state index in [0.29, 0.717) is 11.1 Å². The van der Waals surface area contributed by atoms with Crippen molar-refractivity contribution in [3.05, 3.63) is 71.5 Å². The largest absolute Gasteiger partial charge is 0.464 e. The molecule has 0 bridgehead atoms. The van der Waals surface area contributed by atoms with Crippen molar-refractivity contribution in [1.29, 1.82) is 0 Å². The quantitative estimate of drug-likeness (QED) is 0.641. The number of benzene rings is 2. The molecule has 1 aromatic heterocycles. The Morgan fingerprint density at radius 2 is 1.86 bits per heavy atom. The smallest absolute Gasteiger partial charge is 0.321 e. The topological polar surface area (TPSA) is 97.6 Å². The number of amides is 3. The van der Waals surface area contributed by atoms with E-state index in [1.807, 2.05) is 55.5 Å². The Morgan fingerprint density at radius 3 is 2.64 bits per heavy atom. The van der Waals surface area contributed by atoms with E-state index in [1.54, 1.807) is 0 Å². The van der Waals surface area contributed by atoms with Gasteiger partial charge in [-0.25, -0.2) is 4.79 Å². The second-order valence-corrected chi connectivity index (χ2v) is 6.31. The molecule has 0 atom stereocenters. The predicted octanol–water partition coefficient (Wildman–Crippen LogP) is 2.85. The van der Waals surface area contributed by atoms with Crippen LogP contribution in [0.2, 0.25) is 0 Å². The van der Waals surface area contributed by atoms with Gasteiger partial charge in [0, 0.05) is 17.5 Å². The molecule has 0 saturated carbocycles. The molecule has 0 unspecified atom stereocenters. The molecule has 3 rings (SSSR count). The lowest BCUT2D eigenvalue weighted by molar-refractivity contribution is -0.147. The summed E-state index contributed by atoms with van der Waals surface area (Å²) in [5.41, 5.74) is 3.33. The Balaban J connectivity index is 1.42. The molecule has 7 nitrogen and oxygen atoms in total. The van der Waals surface area contributed by atoms with Gasteiger partial charge in [-0.3, -0.25) is 14.9 Å². The van der Waals surface area contributed by atoms with E-state index in [-0.39, 0.29) is 13.0 Å². The van der Waals surface area contributed by atoms with Crippen molar-refractivity contribution in [2.24, 2.45) is 0 Å². The highest BCUT2D eigenvalue weighted by atomic mass is 16.5. The van der Waals surface area contributed by atoms with Crippen molar-refractivity contribution in [3.63, 3.8) is 0 Å². The first kappa shape index (κ1) is 19.2. The van der Waals surface area contributed by atoms with Crippen LogP contribution in [0.15, 0.2) is 59.2 Å². The summed E-state index contributed by atoms with van der Waals surface area (Å²) >= 11 is 0. The van der Waals surface area contributed by atoms with E-state index in [9.17, 15) is 14.4 Å². The first-order chi connectivity index (χ1) is 13.5. The number of aryl methyl sites for hydroxylation is 1. The van der Waals surface area contributed by atoms with E-state index < -0.39 is 24.5 Å². The second-order valence-electron chi connectivity index (χ2n) is 6.31. The fourth-order valence-electron chi connectivity index (χ4n) is 2.67. The van der Waals surface area contributed by atoms with Gasteiger partial charge in [-0.15, -0.1) is 0 Å². The Hall–Kier alpha value is -3.61. The van der Waals surface area contributed by atoms with Gasteiger partial charge in [0.2, 0.25) is 0 Å². The highest BCUT2D eigenvalue weighted by Gasteiger charge is 2.14. The molecule has 144 valence electrons. The molecule has 0 saturated heterocycles. The van der Waals surface area contributed by atoms with E-state index >= 15 is 0 Å². The maximum atomic E-state index is 12.0. The number of hydrogen-bond acceptors (Lipinski definition) is 5. The summed E-state index contributed by atoms with van der Waals surface area (Å²) in [4.78, 5) is 35.4. The van der Waals surface area contributed by atoms with Crippen LogP contribution in [-0.2, 0) is 27.3 Å². The number of rotatable bonds is 6. The molecular weight excluding hydrogens is 360 g/mol. The fraction of sp³-hybridized carbons (Fsp3) is 0.190. The number of esters is 1.